The van der Waals surface area contributed by atoms with E-state index in [-0.39, 0.29) is 5.91 Å². The van der Waals surface area contributed by atoms with E-state index < -0.39 is 5.41 Å². The number of carbonyl (C=O) groups excluding carboxylic acids is 1. The molecule has 1 aromatic rings. The highest BCUT2D eigenvalue weighted by Crippen LogP contribution is 2.31. The Morgan fingerprint density at radius 3 is 3.06 bits per heavy atom. The van der Waals surface area contributed by atoms with Crippen LogP contribution in [0.5, 0.6) is 0 Å². The molecule has 1 unspecified atom stereocenters. The van der Waals surface area contributed by atoms with Gasteiger partial charge in [-0.05, 0) is 31.2 Å². The molecule has 2 heterocycles. The molecule has 1 atom stereocenters. The molecule has 0 N–H and O–H groups in total. The monoisotopic (exact) mass is 268 g/mol. The van der Waals surface area contributed by atoms with Gasteiger partial charge in [0.25, 0.3) is 5.91 Å². The molecule has 1 amide bonds. The fourth-order valence-electron chi connectivity index (χ4n) is 2.09. The van der Waals surface area contributed by atoms with Crippen LogP contribution in [-0.2, 0) is 0 Å². The third-order valence-corrected chi connectivity index (χ3v) is 4.39. The Hall–Kier alpha value is -1.05. The number of nitriles is 1. The molecule has 1 aliphatic rings. The molecular formula is C12H13ClN2OS. The Morgan fingerprint density at radius 2 is 2.47 bits per heavy atom. The maximum Gasteiger partial charge on any atom is 0.265 e. The predicted molar refractivity (Wildman–Crippen MR) is 68.2 cm³/mol. The number of thiophene rings is 1. The average Bonchev–Trinajstić information content (AvgIpc) is 2.75. The molecule has 5 heteroatoms. The third-order valence-electron chi connectivity index (χ3n) is 3.06. The second-order valence-corrected chi connectivity index (χ2v) is 5.92. The molecule has 0 aliphatic carbocycles. The predicted octanol–water partition coefficient (Wildman–Crippen LogP) is 3.17. The summed E-state index contributed by atoms with van der Waals surface area (Å²) in [6.45, 7) is 3.11. The topological polar surface area (TPSA) is 44.1 Å². The second-order valence-electron chi connectivity index (χ2n) is 4.60. The van der Waals surface area contributed by atoms with Crippen LogP contribution in [0.25, 0.3) is 0 Å². The summed E-state index contributed by atoms with van der Waals surface area (Å²) in [4.78, 5) is 14.5. The van der Waals surface area contributed by atoms with Gasteiger partial charge in [-0.25, -0.2) is 0 Å². The van der Waals surface area contributed by atoms with Crippen LogP contribution in [0, 0.1) is 16.7 Å². The van der Waals surface area contributed by atoms with Crippen LogP contribution in [0.4, 0.5) is 0 Å². The molecule has 0 spiro atoms. The largest absolute Gasteiger partial charge is 0.336 e. The minimum atomic E-state index is -0.419. The summed E-state index contributed by atoms with van der Waals surface area (Å²) >= 11 is 7.31. The first-order valence-electron chi connectivity index (χ1n) is 5.49. The van der Waals surface area contributed by atoms with Gasteiger partial charge in [0, 0.05) is 13.1 Å². The van der Waals surface area contributed by atoms with E-state index in [9.17, 15) is 4.79 Å². The Balaban J connectivity index is 2.17. The number of hydrogen-bond donors (Lipinski definition) is 0. The molecule has 3 nitrogen and oxygen atoms in total. The van der Waals surface area contributed by atoms with Crippen molar-refractivity contribution in [2.24, 2.45) is 5.41 Å². The molecule has 0 aromatic carbocycles. The van der Waals surface area contributed by atoms with Gasteiger partial charge >= 0.3 is 0 Å². The Bertz CT molecular complexity index is 479. The first-order chi connectivity index (χ1) is 8.06. The zero-order chi connectivity index (χ0) is 12.5. The van der Waals surface area contributed by atoms with E-state index in [1.807, 2.05) is 12.3 Å². The van der Waals surface area contributed by atoms with E-state index in [1.54, 1.807) is 11.0 Å². The number of rotatable bonds is 1. The molecule has 17 heavy (non-hydrogen) atoms. The van der Waals surface area contributed by atoms with Crippen molar-refractivity contribution in [1.82, 2.24) is 4.90 Å². The Morgan fingerprint density at radius 1 is 1.71 bits per heavy atom. The summed E-state index contributed by atoms with van der Waals surface area (Å²) in [5, 5.41) is 11.4. The van der Waals surface area contributed by atoms with Crippen LogP contribution in [-0.4, -0.2) is 23.9 Å². The average molecular weight is 269 g/mol. The quantitative estimate of drug-likeness (QED) is 0.785. The summed E-state index contributed by atoms with van der Waals surface area (Å²) < 4.78 is 0. The molecule has 90 valence electrons. The van der Waals surface area contributed by atoms with Gasteiger partial charge in [-0.1, -0.05) is 11.6 Å². The first-order valence-corrected chi connectivity index (χ1v) is 6.75. The number of amides is 1. The van der Waals surface area contributed by atoms with Crippen molar-refractivity contribution in [3.8, 4) is 6.07 Å². The standard InChI is InChI=1S/C12H13ClN2OS/c1-12(7-14)4-2-5-15(8-12)11(16)10-9(13)3-6-17-10/h3,6H,2,4-5,8H2,1H3. The lowest BCUT2D eigenvalue weighted by Crippen LogP contribution is -2.44. The van der Waals surface area contributed by atoms with Crippen LogP contribution in [0.2, 0.25) is 5.02 Å². The van der Waals surface area contributed by atoms with Crippen molar-refractivity contribution < 1.29 is 4.79 Å². The molecule has 0 bridgehead atoms. The normalized spacial score (nSPS) is 24.4. The molecule has 1 saturated heterocycles. The van der Waals surface area contributed by atoms with Crippen molar-refractivity contribution in [2.75, 3.05) is 13.1 Å². The minimum absolute atomic E-state index is 0.0498. The van der Waals surface area contributed by atoms with E-state index in [0.29, 0.717) is 23.0 Å². The van der Waals surface area contributed by atoms with E-state index in [0.717, 1.165) is 12.8 Å². The number of carbonyl (C=O) groups is 1. The van der Waals surface area contributed by atoms with Crippen LogP contribution in [0.15, 0.2) is 11.4 Å². The fraction of sp³-hybridized carbons (Fsp3) is 0.500. The molecule has 0 radical (unpaired) electrons. The summed E-state index contributed by atoms with van der Waals surface area (Å²) in [6.07, 6.45) is 1.73. The van der Waals surface area contributed by atoms with Crippen molar-refractivity contribution in [2.45, 2.75) is 19.8 Å². The van der Waals surface area contributed by atoms with E-state index in [2.05, 4.69) is 6.07 Å². The molecule has 1 fully saturated rings. The highest BCUT2D eigenvalue weighted by Gasteiger charge is 2.34. The maximum absolute atomic E-state index is 12.2. The SMILES string of the molecule is CC1(C#N)CCCN(C(=O)c2sccc2Cl)C1. The summed E-state index contributed by atoms with van der Waals surface area (Å²) in [7, 11) is 0. The van der Waals surface area contributed by atoms with E-state index in [1.165, 1.54) is 11.3 Å². The molecule has 2 rings (SSSR count). The lowest BCUT2D eigenvalue weighted by atomic mass is 9.83. The molecule has 0 saturated carbocycles. The Labute approximate surface area is 110 Å². The van der Waals surface area contributed by atoms with Gasteiger partial charge in [0.15, 0.2) is 0 Å². The van der Waals surface area contributed by atoms with Crippen LogP contribution in [0.3, 0.4) is 0 Å². The van der Waals surface area contributed by atoms with Crippen molar-refractivity contribution in [1.29, 1.82) is 5.26 Å². The molecular weight excluding hydrogens is 256 g/mol. The van der Waals surface area contributed by atoms with Crippen molar-refractivity contribution >= 4 is 28.8 Å². The molecule has 1 aliphatic heterocycles. The maximum atomic E-state index is 12.2. The summed E-state index contributed by atoms with van der Waals surface area (Å²) in [6, 6.07) is 4.03. The third kappa shape index (κ3) is 2.46. The Kier molecular flexibility index (Phi) is 3.41. The lowest BCUT2D eigenvalue weighted by Gasteiger charge is -2.35. The lowest BCUT2D eigenvalue weighted by molar-refractivity contribution is 0.0635. The zero-order valence-corrected chi connectivity index (χ0v) is 11.1. The number of nitrogens with zero attached hydrogens (tertiary/aromatic N) is 2. The van der Waals surface area contributed by atoms with Crippen LogP contribution in [0.1, 0.15) is 29.4 Å². The van der Waals surface area contributed by atoms with Gasteiger partial charge in [-0.2, -0.15) is 5.26 Å². The minimum Gasteiger partial charge on any atom is -0.336 e. The van der Waals surface area contributed by atoms with Crippen LogP contribution < -0.4 is 0 Å². The van der Waals surface area contributed by atoms with Crippen LogP contribution >= 0.6 is 22.9 Å². The summed E-state index contributed by atoms with van der Waals surface area (Å²) in [5.41, 5.74) is -0.419. The van der Waals surface area contributed by atoms with Gasteiger partial charge in [-0.15, -0.1) is 11.3 Å². The van der Waals surface area contributed by atoms with Gasteiger partial charge in [0.2, 0.25) is 0 Å². The summed E-state index contributed by atoms with van der Waals surface area (Å²) in [5.74, 6) is -0.0498. The number of piperidine rings is 1. The number of hydrogen-bond acceptors (Lipinski definition) is 3. The number of halogens is 1. The van der Waals surface area contributed by atoms with Gasteiger partial charge in [0.05, 0.1) is 16.5 Å². The fourth-order valence-corrected chi connectivity index (χ4v) is 3.20. The van der Waals surface area contributed by atoms with E-state index in [4.69, 9.17) is 16.9 Å². The van der Waals surface area contributed by atoms with Gasteiger partial charge < -0.3 is 4.90 Å². The highest BCUT2D eigenvalue weighted by molar-refractivity contribution is 7.12. The first kappa shape index (κ1) is 12.4. The van der Waals surface area contributed by atoms with Crippen molar-refractivity contribution in [3.63, 3.8) is 0 Å². The van der Waals surface area contributed by atoms with Crippen molar-refractivity contribution in [3.05, 3.63) is 21.3 Å². The second kappa shape index (κ2) is 4.67. The zero-order valence-electron chi connectivity index (χ0n) is 9.57. The van der Waals surface area contributed by atoms with E-state index >= 15 is 0 Å². The number of likely N-dealkylation sites (tertiary alicyclic amines) is 1. The highest BCUT2D eigenvalue weighted by atomic mass is 35.5. The van der Waals surface area contributed by atoms with Gasteiger partial charge in [0.1, 0.15) is 4.88 Å². The molecule has 1 aromatic heterocycles. The van der Waals surface area contributed by atoms with Gasteiger partial charge in [-0.3, -0.25) is 4.79 Å². The smallest absolute Gasteiger partial charge is 0.265 e.